The Hall–Kier alpha value is -0.640. The number of aromatic nitrogens is 3. The molecular formula is C11H19N3S. The van der Waals surface area contributed by atoms with Crippen LogP contribution in [0.2, 0.25) is 0 Å². The Morgan fingerprint density at radius 3 is 2.80 bits per heavy atom. The van der Waals surface area contributed by atoms with Crippen molar-refractivity contribution in [1.29, 1.82) is 0 Å². The van der Waals surface area contributed by atoms with Crippen LogP contribution in [0.1, 0.15) is 51.4 Å². The number of aromatic amines is 1. The Bertz CT molecular complexity index is 373. The highest BCUT2D eigenvalue weighted by Gasteiger charge is 2.24. The van der Waals surface area contributed by atoms with Gasteiger partial charge >= 0.3 is 0 Å². The number of nitrogens with one attached hydrogen (secondary N) is 1. The Morgan fingerprint density at radius 1 is 1.53 bits per heavy atom. The lowest BCUT2D eigenvalue weighted by atomic mass is 9.99. The van der Waals surface area contributed by atoms with Gasteiger partial charge in [0.15, 0.2) is 4.77 Å². The third-order valence-electron chi connectivity index (χ3n) is 3.58. The number of nitrogens with zero attached hydrogens (tertiary/aromatic N) is 2. The van der Waals surface area contributed by atoms with Crippen molar-refractivity contribution in [1.82, 2.24) is 14.8 Å². The van der Waals surface area contributed by atoms with Gasteiger partial charge in [0.2, 0.25) is 0 Å². The minimum absolute atomic E-state index is 0.508. The SMILES string of the molecule is CCc1n[nH]c(=S)n1C(C)C1CCCC1. The average Bonchev–Trinajstić information content (AvgIpc) is 2.85. The van der Waals surface area contributed by atoms with Crippen molar-refractivity contribution >= 4 is 12.2 Å². The first-order valence-corrected chi connectivity index (χ1v) is 6.30. The topological polar surface area (TPSA) is 33.6 Å². The van der Waals surface area contributed by atoms with Gasteiger partial charge in [-0.15, -0.1) is 0 Å². The summed E-state index contributed by atoms with van der Waals surface area (Å²) in [4.78, 5) is 0. The van der Waals surface area contributed by atoms with Gasteiger partial charge in [0.05, 0.1) is 0 Å². The van der Waals surface area contributed by atoms with E-state index < -0.39 is 0 Å². The number of aryl methyl sites for hydroxylation is 1. The van der Waals surface area contributed by atoms with Crippen LogP contribution >= 0.6 is 12.2 Å². The molecule has 0 saturated heterocycles. The molecular weight excluding hydrogens is 206 g/mol. The first kappa shape index (κ1) is 10.9. The van der Waals surface area contributed by atoms with Crippen molar-refractivity contribution in [3.63, 3.8) is 0 Å². The van der Waals surface area contributed by atoms with Gasteiger partial charge in [0.1, 0.15) is 5.82 Å². The third-order valence-corrected chi connectivity index (χ3v) is 3.87. The summed E-state index contributed by atoms with van der Waals surface area (Å²) in [5.74, 6) is 1.89. The maximum Gasteiger partial charge on any atom is 0.195 e. The standard InChI is InChI=1S/C11H19N3S/c1-3-10-12-13-11(15)14(10)8(2)9-6-4-5-7-9/h8-9H,3-7H2,1-2H3,(H,13,15). The summed E-state index contributed by atoms with van der Waals surface area (Å²) in [6.07, 6.45) is 6.39. The second-order valence-corrected chi connectivity index (χ2v) is 4.84. The zero-order valence-electron chi connectivity index (χ0n) is 9.49. The quantitative estimate of drug-likeness (QED) is 0.801. The lowest BCUT2D eigenvalue weighted by Crippen LogP contribution is -2.16. The molecule has 1 N–H and O–H groups in total. The maximum atomic E-state index is 5.30. The third kappa shape index (κ3) is 2.00. The molecule has 4 heteroatoms. The maximum absolute atomic E-state index is 5.30. The van der Waals surface area contributed by atoms with Gasteiger partial charge in [0, 0.05) is 12.5 Å². The highest BCUT2D eigenvalue weighted by molar-refractivity contribution is 7.71. The van der Waals surface area contributed by atoms with Crippen LogP contribution < -0.4 is 0 Å². The largest absolute Gasteiger partial charge is 0.301 e. The van der Waals surface area contributed by atoms with Gasteiger partial charge in [-0.3, -0.25) is 5.10 Å². The lowest BCUT2D eigenvalue weighted by Gasteiger charge is -2.21. The first-order chi connectivity index (χ1) is 7.24. The summed E-state index contributed by atoms with van der Waals surface area (Å²) in [6.45, 7) is 4.41. The number of hydrogen-bond acceptors (Lipinski definition) is 2. The molecule has 3 nitrogen and oxygen atoms in total. The minimum atomic E-state index is 0.508. The predicted molar refractivity (Wildman–Crippen MR) is 63.5 cm³/mol. The zero-order valence-corrected chi connectivity index (χ0v) is 10.3. The molecule has 1 aliphatic carbocycles. The van der Waals surface area contributed by atoms with Crippen LogP contribution in [0, 0.1) is 10.7 Å². The summed E-state index contributed by atoms with van der Waals surface area (Å²) in [5.41, 5.74) is 0. The molecule has 0 aliphatic heterocycles. The summed E-state index contributed by atoms with van der Waals surface area (Å²) < 4.78 is 3.00. The molecule has 1 fully saturated rings. The fourth-order valence-corrected chi connectivity index (χ4v) is 2.97. The number of hydrogen-bond donors (Lipinski definition) is 1. The van der Waals surface area contributed by atoms with Gasteiger partial charge in [-0.05, 0) is 37.9 Å². The molecule has 1 heterocycles. The number of H-pyrrole nitrogens is 1. The van der Waals surface area contributed by atoms with E-state index in [-0.39, 0.29) is 0 Å². The normalized spacial score (nSPS) is 19.6. The molecule has 15 heavy (non-hydrogen) atoms. The van der Waals surface area contributed by atoms with E-state index in [9.17, 15) is 0 Å². The highest BCUT2D eigenvalue weighted by Crippen LogP contribution is 2.34. The molecule has 2 rings (SSSR count). The molecule has 1 saturated carbocycles. The van der Waals surface area contributed by atoms with Gasteiger partial charge in [0.25, 0.3) is 0 Å². The van der Waals surface area contributed by atoms with E-state index in [1.165, 1.54) is 25.7 Å². The Balaban J connectivity index is 2.26. The highest BCUT2D eigenvalue weighted by atomic mass is 32.1. The average molecular weight is 225 g/mol. The predicted octanol–water partition coefficient (Wildman–Crippen LogP) is 3.25. The zero-order chi connectivity index (χ0) is 10.8. The summed E-state index contributed by atoms with van der Waals surface area (Å²) >= 11 is 5.30. The van der Waals surface area contributed by atoms with Gasteiger partial charge in [-0.1, -0.05) is 19.8 Å². The smallest absolute Gasteiger partial charge is 0.195 e. The Kier molecular flexibility index (Phi) is 3.24. The van der Waals surface area contributed by atoms with Crippen LogP contribution in [0.3, 0.4) is 0 Å². The van der Waals surface area contributed by atoms with E-state index in [0.29, 0.717) is 6.04 Å². The molecule has 1 atom stereocenters. The van der Waals surface area contributed by atoms with Crippen LogP contribution in [0.4, 0.5) is 0 Å². The van der Waals surface area contributed by atoms with Crippen molar-refractivity contribution in [3.8, 4) is 0 Å². The van der Waals surface area contributed by atoms with E-state index in [1.54, 1.807) is 0 Å². The Labute approximate surface area is 95.9 Å². The molecule has 1 aliphatic rings. The van der Waals surface area contributed by atoms with E-state index in [2.05, 4.69) is 28.6 Å². The van der Waals surface area contributed by atoms with Gasteiger partial charge in [-0.25, -0.2) is 0 Å². The van der Waals surface area contributed by atoms with Crippen molar-refractivity contribution in [2.24, 2.45) is 5.92 Å². The van der Waals surface area contributed by atoms with Crippen LogP contribution in [-0.2, 0) is 6.42 Å². The van der Waals surface area contributed by atoms with E-state index in [1.807, 2.05) is 0 Å². The fourth-order valence-electron chi connectivity index (χ4n) is 2.66. The van der Waals surface area contributed by atoms with E-state index in [0.717, 1.165) is 22.9 Å². The van der Waals surface area contributed by atoms with Crippen molar-refractivity contribution in [2.45, 2.75) is 52.0 Å². The second kappa shape index (κ2) is 4.47. The van der Waals surface area contributed by atoms with Crippen molar-refractivity contribution < 1.29 is 0 Å². The summed E-state index contributed by atoms with van der Waals surface area (Å²) in [7, 11) is 0. The molecule has 0 spiro atoms. The monoisotopic (exact) mass is 225 g/mol. The fraction of sp³-hybridized carbons (Fsp3) is 0.818. The molecule has 1 unspecified atom stereocenters. The van der Waals surface area contributed by atoms with Crippen LogP contribution in [-0.4, -0.2) is 14.8 Å². The van der Waals surface area contributed by atoms with Crippen LogP contribution in [0.25, 0.3) is 0 Å². The van der Waals surface area contributed by atoms with Crippen molar-refractivity contribution in [2.75, 3.05) is 0 Å². The van der Waals surface area contributed by atoms with Crippen LogP contribution in [0.15, 0.2) is 0 Å². The lowest BCUT2D eigenvalue weighted by molar-refractivity contribution is 0.350. The Morgan fingerprint density at radius 2 is 2.20 bits per heavy atom. The van der Waals surface area contributed by atoms with Crippen molar-refractivity contribution in [3.05, 3.63) is 10.6 Å². The number of rotatable bonds is 3. The molecule has 0 bridgehead atoms. The molecule has 0 amide bonds. The van der Waals surface area contributed by atoms with Crippen LogP contribution in [0.5, 0.6) is 0 Å². The van der Waals surface area contributed by atoms with Gasteiger partial charge < -0.3 is 4.57 Å². The summed E-state index contributed by atoms with van der Waals surface area (Å²) in [5, 5.41) is 7.18. The van der Waals surface area contributed by atoms with Gasteiger partial charge in [-0.2, -0.15) is 5.10 Å². The van der Waals surface area contributed by atoms with E-state index in [4.69, 9.17) is 12.2 Å². The second-order valence-electron chi connectivity index (χ2n) is 4.45. The molecule has 1 aromatic heterocycles. The molecule has 0 aromatic carbocycles. The molecule has 84 valence electrons. The minimum Gasteiger partial charge on any atom is -0.301 e. The van der Waals surface area contributed by atoms with E-state index >= 15 is 0 Å². The molecule has 0 radical (unpaired) electrons. The molecule has 1 aromatic rings. The summed E-state index contributed by atoms with van der Waals surface area (Å²) in [6, 6.07) is 0.508. The first-order valence-electron chi connectivity index (χ1n) is 5.89.